The lowest BCUT2D eigenvalue weighted by molar-refractivity contribution is 0.0856. The number of pyridine rings is 1. The van der Waals surface area contributed by atoms with Crippen LogP contribution < -0.4 is 11.0 Å². The summed E-state index contributed by atoms with van der Waals surface area (Å²) in [4.78, 5) is 37.7. The van der Waals surface area contributed by atoms with Gasteiger partial charge in [0.1, 0.15) is 5.82 Å². The molecule has 0 aliphatic carbocycles. The molecule has 2 aromatic heterocycles. The van der Waals surface area contributed by atoms with Gasteiger partial charge in [0.2, 0.25) is 5.43 Å². The summed E-state index contributed by atoms with van der Waals surface area (Å²) < 4.78 is 15.6. The minimum atomic E-state index is -0.869. The third-order valence-electron chi connectivity index (χ3n) is 4.27. The average molecular weight is 407 g/mol. The molecule has 0 bridgehead atoms. The number of ketones is 1. The highest BCUT2D eigenvalue weighted by molar-refractivity contribution is 6.00. The van der Waals surface area contributed by atoms with Crippen molar-refractivity contribution in [2.45, 2.75) is 27.3 Å². The van der Waals surface area contributed by atoms with Crippen LogP contribution >= 0.6 is 12.4 Å². The van der Waals surface area contributed by atoms with Crippen LogP contribution in [-0.4, -0.2) is 19.9 Å². The maximum Gasteiger partial charge on any atom is 0.279 e. The van der Waals surface area contributed by atoms with E-state index in [0.29, 0.717) is 5.56 Å². The summed E-state index contributed by atoms with van der Waals surface area (Å²) in [5.74, 6) is -1.57. The molecule has 0 saturated heterocycles. The number of hydrogen-bond donors (Lipinski definition) is 1. The number of aromatic nitrogens is 2. The number of aromatic hydroxyl groups is 1. The molecule has 28 heavy (non-hydrogen) atoms. The van der Waals surface area contributed by atoms with Crippen LogP contribution in [0.3, 0.4) is 0 Å². The van der Waals surface area contributed by atoms with Crippen LogP contribution in [0.1, 0.15) is 36.7 Å². The molecule has 1 aromatic carbocycles. The Morgan fingerprint density at radius 3 is 2.29 bits per heavy atom. The maximum atomic E-state index is 13.0. The fourth-order valence-electron chi connectivity index (χ4n) is 2.78. The fourth-order valence-corrected chi connectivity index (χ4v) is 2.78. The van der Waals surface area contributed by atoms with Crippen LogP contribution in [0.4, 0.5) is 4.39 Å². The Hall–Kier alpha value is -2.93. The molecule has 3 aromatic rings. The molecule has 1 N–H and O–H groups in total. The van der Waals surface area contributed by atoms with Crippen molar-refractivity contribution in [2.24, 2.45) is 5.41 Å². The van der Waals surface area contributed by atoms with Crippen molar-refractivity contribution in [2.75, 3.05) is 0 Å². The number of carbonyl (C=O) groups excluding carboxylic acids is 1. The smallest absolute Gasteiger partial charge is 0.279 e. The van der Waals surface area contributed by atoms with Gasteiger partial charge in [-0.05, 0) is 17.7 Å². The van der Waals surface area contributed by atoms with E-state index >= 15 is 0 Å². The van der Waals surface area contributed by atoms with Crippen LogP contribution in [0.5, 0.6) is 5.75 Å². The van der Waals surface area contributed by atoms with Crippen molar-refractivity contribution >= 4 is 23.7 Å². The van der Waals surface area contributed by atoms with Gasteiger partial charge in [0, 0.05) is 24.0 Å². The number of fused-ring (bicyclic) bond motifs is 1. The first-order valence-corrected chi connectivity index (χ1v) is 8.36. The Morgan fingerprint density at radius 2 is 1.71 bits per heavy atom. The van der Waals surface area contributed by atoms with E-state index in [1.807, 2.05) is 0 Å². The van der Waals surface area contributed by atoms with Crippen molar-refractivity contribution in [3.05, 3.63) is 80.4 Å². The Kier molecular flexibility index (Phi) is 5.80. The van der Waals surface area contributed by atoms with Gasteiger partial charge in [0.05, 0.1) is 12.1 Å². The van der Waals surface area contributed by atoms with E-state index in [1.54, 1.807) is 32.9 Å². The molecular weight excluding hydrogens is 387 g/mol. The van der Waals surface area contributed by atoms with Gasteiger partial charge >= 0.3 is 0 Å². The number of carbonyl (C=O) groups is 1. The fraction of sp³-hybridized carbons (Fsp3) is 0.250. The Morgan fingerprint density at radius 1 is 1.11 bits per heavy atom. The monoisotopic (exact) mass is 406 g/mol. The summed E-state index contributed by atoms with van der Waals surface area (Å²) in [7, 11) is 0. The summed E-state index contributed by atoms with van der Waals surface area (Å²) in [5, 5.41) is 10.3. The summed E-state index contributed by atoms with van der Waals surface area (Å²) in [6.45, 7) is 5.15. The van der Waals surface area contributed by atoms with E-state index in [2.05, 4.69) is 0 Å². The molecule has 0 aliphatic rings. The van der Waals surface area contributed by atoms with E-state index in [1.165, 1.54) is 39.7 Å². The number of halogens is 2. The molecule has 148 valence electrons. The van der Waals surface area contributed by atoms with E-state index in [0.717, 1.165) is 0 Å². The second kappa shape index (κ2) is 7.59. The molecular formula is C20H20ClFN2O4. The van der Waals surface area contributed by atoms with Gasteiger partial charge in [0.25, 0.3) is 5.56 Å². The number of rotatable bonds is 3. The molecule has 0 amide bonds. The van der Waals surface area contributed by atoms with Gasteiger partial charge in [-0.2, -0.15) is 0 Å². The standard InChI is InChI=1S/C20H19FN2O4.ClH/c1-20(2,3)18(26)14-11-22-8-9-23(10-12-4-6-13(21)7-5-12)19(27)15(22)17(25)16(14)24;/h4-9,11,25H,10H2,1-3H3;1H. The normalized spacial score (nSPS) is 11.3. The molecule has 8 heteroatoms. The summed E-state index contributed by atoms with van der Waals surface area (Å²) in [6, 6.07) is 5.66. The summed E-state index contributed by atoms with van der Waals surface area (Å²) in [6.07, 6.45) is 4.24. The van der Waals surface area contributed by atoms with Gasteiger partial charge in [-0.25, -0.2) is 4.39 Å². The van der Waals surface area contributed by atoms with Crippen molar-refractivity contribution in [1.82, 2.24) is 8.97 Å². The molecule has 3 rings (SSSR count). The topological polar surface area (TPSA) is 80.8 Å². The van der Waals surface area contributed by atoms with E-state index in [-0.39, 0.29) is 35.8 Å². The van der Waals surface area contributed by atoms with Gasteiger partial charge in [-0.3, -0.25) is 14.4 Å². The Labute approximate surface area is 166 Å². The second-order valence-corrected chi connectivity index (χ2v) is 7.41. The van der Waals surface area contributed by atoms with Crippen molar-refractivity contribution in [1.29, 1.82) is 0 Å². The quantitative estimate of drug-likeness (QED) is 0.678. The van der Waals surface area contributed by atoms with Crippen molar-refractivity contribution in [3.8, 4) is 5.75 Å². The zero-order valence-electron chi connectivity index (χ0n) is 15.6. The third kappa shape index (κ3) is 3.84. The molecule has 0 spiro atoms. The molecule has 0 unspecified atom stereocenters. The Bertz CT molecular complexity index is 1160. The first kappa shape index (κ1) is 21.4. The van der Waals surface area contributed by atoms with Crippen LogP contribution in [-0.2, 0) is 6.54 Å². The SMILES string of the molecule is CC(C)(C)C(=O)c1cn2ccn(Cc3ccc(F)cc3)c(=O)c2c(O)c1=O.Cl. The van der Waals surface area contributed by atoms with E-state index < -0.39 is 27.9 Å². The molecule has 0 radical (unpaired) electrons. The number of hydrogen-bond acceptors (Lipinski definition) is 4. The first-order chi connectivity index (χ1) is 12.6. The highest BCUT2D eigenvalue weighted by Gasteiger charge is 2.27. The molecule has 2 heterocycles. The van der Waals surface area contributed by atoms with Crippen molar-refractivity contribution in [3.63, 3.8) is 0 Å². The average Bonchev–Trinajstić information content (AvgIpc) is 2.60. The summed E-state index contributed by atoms with van der Waals surface area (Å²) >= 11 is 0. The number of benzene rings is 1. The molecule has 0 fully saturated rings. The van der Waals surface area contributed by atoms with Gasteiger partial charge in [-0.15, -0.1) is 12.4 Å². The minimum absolute atomic E-state index is 0. The first-order valence-electron chi connectivity index (χ1n) is 8.36. The second-order valence-electron chi connectivity index (χ2n) is 7.41. The maximum absolute atomic E-state index is 13.0. The van der Waals surface area contributed by atoms with Gasteiger partial charge < -0.3 is 14.1 Å². The number of nitrogens with zero attached hydrogens (tertiary/aromatic N) is 2. The highest BCUT2D eigenvalue weighted by atomic mass is 35.5. The lowest BCUT2D eigenvalue weighted by Gasteiger charge is -2.17. The molecule has 6 nitrogen and oxygen atoms in total. The minimum Gasteiger partial charge on any atom is -0.503 e. The molecule has 0 saturated carbocycles. The summed E-state index contributed by atoms with van der Waals surface area (Å²) in [5.41, 5.74) is -1.97. The lowest BCUT2D eigenvalue weighted by Crippen LogP contribution is -2.29. The zero-order valence-corrected chi connectivity index (χ0v) is 16.4. The third-order valence-corrected chi connectivity index (χ3v) is 4.27. The van der Waals surface area contributed by atoms with E-state index in [9.17, 15) is 23.9 Å². The van der Waals surface area contributed by atoms with Crippen LogP contribution in [0, 0.1) is 11.2 Å². The Balaban J connectivity index is 0.00000280. The predicted molar refractivity (Wildman–Crippen MR) is 106 cm³/mol. The number of Topliss-reactive ketones (excluding diaryl/α,β-unsaturated/α-hetero) is 1. The molecule has 0 atom stereocenters. The van der Waals surface area contributed by atoms with E-state index in [4.69, 9.17) is 0 Å². The predicted octanol–water partition coefficient (Wildman–Crippen LogP) is 3.00. The van der Waals surface area contributed by atoms with Crippen LogP contribution in [0.2, 0.25) is 0 Å². The van der Waals surface area contributed by atoms with Crippen LogP contribution in [0.15, 0.2) is 52.4 Å². The highest BCUT2D eigenvalue weighted by Crippen LogP contribution is 2.21. The lowest BCUT2D eigenvalue weighted by atomic mass is 9.87. The largest absolute Gasteiger partial charge is 0.503 e. The van der Waals surface area contributed by atoms with Gasteiger partial charge in [0.15, 0.2) is 17.0 Å². The van der Waals surface area contributed by atoms with Gasteiger partial charge in [-0.1, -0.05) is 32.9 Å². The zero-order chi connectivity index (χ0) is 19.9. The molecule has 0 aliphatic heterocycles. The van der Waals surface area contributed by atoms with Crippen LogP contribution in [0.25, 0.3) is 5.52 Å². The van der Waals surface area contributed by atoms with Crippen molar-refractivity contribution < 1.29 is 14.3 Å².